The Kier molecular flexibility index (Phi) is 4.04. The van der Waals surface area contributed by atoms with Crippen LogP contribution in [0.25, 0.3) is 0 Å². The van der Waals surface area contributed by atoms with Crippen LogP contribution in [0.2, 0.25) is 0 Å². The molecule has 1 fully saturated rings. The second-order valence-electron chi connectivity index (χ2n) is 6.91. The summed E-state index contributed by atoms with van der Waals surface area (Å²) in [7, 11) is 1.78. The molecule has 5 rings (SSSR count). The fourth-order valence-electron chi connectivity index (χ4n) is 4.20. The average Bonchev–Trinajstić information content (AvgIpc) is 2.66. The Morgan fingerprint density at radius 1 is 1.08 bits per heavy atom. The minimum atomic E-state index is -0.327. The van der Waals surface area contributed by atoms with E-state index in [1.807, 2.05) is 48.5 Å². The predicted octanol–water partition coefficient (Wildman–Crippen LogP) is 3.87. The lowest BCUT2D eigenvalue weighted by Crippen LogP contribution is -2.49. The summed E-state index contributed by atoms with van der Waals surface area (Å²) < 4.78 is 5.47. The molecule has 4 heteroatoms. The fraction of sp³-hybridized carbons (Fsp3) is 0.333. The first-order valence-corrected chi connectivity index (χ1v) is 8.70. The molecule has 128 valence electrons. The molecule has 25 heavy (non-hydrogen) atoms. The zero-order chi connectivity index (χ0) is 17.4. The third-order valence-electron chi connectivity index (χ3n) is 5.51. The standard InChI is InChI=1S/C21H21NO3/c1-22(21(24)25-13-14-7-3-2-4-8-14)19-11-18-16-10-6-5-9-15(16)17(19)12-20(18)23/h2-10,17-19H,11-13H2,1H3/t17-,18+,19+/m1/s1. The molecule has 0 spiro atoms. The molecule has 2 aromatic rings. The van der Waals surface area contributed by atoms with E-state index >= 15 is 0 Å². The molecule has 0 heterocycles. The normalized spacial score (nSPS) is 23.9. The summed E-state index contributed by atoms with van der Waals surface area (Å²) in [5.74, 6) is 0.282. The van der Waals surface area contributed by atoms with Gasteiger partial charge in [-0.25, -0.2) is 4.79 Å². The predicted molar refractivity (Wildman–Crippen MR) is 94.3 cm³/mol. The van der Waals surface area contributed by atoms with E-state index in [-0.39, 0.29) is 30.6 Å². The fourth-order valence-corrected chi connectivity index (χ4v) is 4.20. The van der Waals surface area contributed by atoms with Crippen molar-refractivity contribution in [2.75, 3.05) is 7.05 Å². The first-order valence-electron chi connectivity index (χ1n) is 8.70. The van der Waals surface area contributed by atoms with Crippen LogP contribution in [0.4, 0.5) is 4.79 Å². The van der Waals surface area contributed by atoms with Gasteiger partial charge in [0.1, 0.15) is 12.4 Å². The summed E-state index contributed by atoms with van der Waals surface area (Å²) in [4.78, 5) is 26.5. The smallest absolute Gasteiger partial charge is 0.410 e. The zero-order valence-corrected chi connectivity index (χ0v) is 14.2. The van der Waals surface area contributed by atoms with E-state index in [2.05, 4.69) is 6.07 Å². The molecule has 2 bridgehead atoms. The first-order chi connectivity index (χ1) is 12.1. The molecule has 0 radical (unpaired) electrons. The van der Waals surface area contributed by atoms with E-state index in [0.717, 1.165) is 11.1 Å². The van der Waals surface area contributed by atoms with E-state index in [1.54, 1.807) is 11.9 Å². The average molecular weight is 335 g/mol. The molecule has 0 unspecified atom stereocenters. The molecule has 3 atom stereocenters. The summed E-state index contributed by atoms with van der Waals surface area (Å²) >= 11 is 0. The van der Waals surface area contributed by atoms with Crippen LogP contribution in [0.3, 0.4) is 0 Å². The third kappa shape index (κ3) is 2.82. The highest BCUT2D eigenvalue weighted by molar-refractivity contribution is 5.90. The van der Waals surface area contributed by atoms with Gasteiger partial charge in [-0.15, -0.1) is 0 Å². The van der Waals surface area contributed by atoms with Crippen molar-refractivity contribution in [3.8, 4) is 0 Å². The lowest BCUT2D eigenvalue weighted by atomic mass is 9.63. The molecule has 0 aliphatic heterocycles. The van der Waals surface area contributed by atoms with Crippen LogP contribution in [0, 0.1) is 0 Å². The lowest BCUT2D eigenvalue weighted by Gasteiger charge is -2.46. The second-order valence-corrected chi connectivity index (χ2v) is 6.91. The van der Waals surface area contributed by atoms with E-state index < -0.39 is 0 Å². The Labute approximate surface area is 147 Å². The van der Waals surface area contributed by atoms with Crippen LogP contribution >= 0.6 is 0 Å². The molecule has 2 aromatic carbocycles. The number of hydrogen-bond acceptors (Lipinski definition) is 3. The van der Waals surface area contributed by atoms with Gasteiger partial charge >= 0.3 is 6.09 Å². The van der Waals surface area contributed by atoms with Gasteiger partial charge in [-0.1, -0.05) is 54.6 Å². The topological polar surface area (TPSA) is 46.6 Å². The summed E-state index contributed by atoms with van der Waals surface area (Å²) in [6.07, 6.45) is 0.881. The first kappa shape index (κ1) is 15.9. The zero-order valence-electron chi connectivity index (χ0n) is 14.2. The van der Waals surface area contributed by atoms with Gasteiger partial charge in [0.2, 0.25) is 0 Å². The van der Waals surface area contributed by atoms with Gasteiger partial charge in [-0.05, 0) is 23.1 Å². The molecule has 1 saturated carbocycles. The number of fused-ring (bicyclic) bond motifs is 2. The van der Waals surface area contributed by atoms with Crippen molar-refractivity contribution in [2.45, 2.75) is 37.3 Å². The number of nitrogens with zero attached hydrogens (tertiary/aromatic N) is 1. The van der Waals surface area contributed by atoms with Gasteiger partial charge in [0.25, 0.3) is 0 Å². The monoisotopic (exact) mass is 335 g/mol. The van der Waals surface area contributed by atoms with Crippen molar-refractivity contribution in [2.24, 2.45) is 0 Å². The quantitative estimate of drug-likeness (QED) is 0.855. The summed E-state index contributed by atoms with van der Waals surface area (Å²) in [5.41, 5.74) is 3.33. The van der Waals surface area contributed by atoms with E-state index in [1.165, 1.54) is 5.56 Å². The van der Waals surface area contributed by atoms with E-state index in [0.29, 0.717) is 18.6 Å². The number of ether oxygens (including phenoxy) is 1. The molecular formula is C21H21NO3. The number of rotatable bonds is 3. The van der Waals surface area contributed by atoms with Crippen molar-refractivity contribution in [1.82, 2.24) is 4.90 Å². The Morgan fingerprint density at radius 3 is 2.52 bits per heavy atom. The van der Waals surface area contributed by atoms with E-state index in [4.69, 9.17) is 4.74 Å². The molecule has 0 aromatic heterocycles. The highest BCUT2D eigenvalue weighted by Crippen LogP contribution is 2.48. The minimum Gasteiger partial charge on any atom is -0.445 e. The molecule has 3 aliphatic carbocycles. The van der Waals surface area contributed by atoms with Gasteiger partial charge in [0.05, 0.1) is 0 Å². The number of Topliss-reactive ketones (excluding diaryl/α,β-unsaturated/α-hetero) is 1. The maximum absolute atomic E-state index is 12.5. The number of ketones is 1. The number of likely N-dealkylation sites (N-methyl/N-ethyl adjacent to an activating group) is 1. The maximum Gasteiger partial charge on any atom is 0.410 e. The second kappa shape index (κ2) is 6.36. The van der Waals surface area contributed by atoms with Gasteiger partial charge in [0, 0.05) is 31.3 Å². The Morgan fingerprint density at radius 2 is 1.76 bits per heavy atom. The Balaban J connectivity index is 1.49. The van der Waals surface area contributed by atoms with Crippen LogP contribution in [-0.2, 0) is 16.1 Å². The van der Waals surface area contributed by atoms with Crippen molar-refractivity contribution < 1.29 is 14.3 Å². The van der Waals surface area contributed by atoms with Gasteiger partial charge in [-0.3, -0.25) is 4.79 Å². The van der Waals surface area contributed by atoms with Crippen molar-refractivity contribution in [1.29, 1.82) is 0 Å². The lowest BCUT2D eigenvalue weighted by molar-refractivity contribution is -0.124. The number of carbonyl (C=O) groups excluding carboxylic acids is 2. The van der Waals surface area contributed by atoms with Crippen LogP contribution < -0.4 is 0 Å². The minimum absolute atomic E-state index is 0.0147. The Hall–Kier alpha value is -2.62. The van der Waals surface area contributed by atoms with Gasteiger partial charge in [-0.2, -0.15) is 0 Å². The van der Waals surface area contributed by atoms with Crippen molar-refractivity contribution in [3.05, 3.63) is 71.3 Å². The number of benzene rings is 2. The van der Waals surface area contributed by atoms with E-state index in [9.17, 15) is 9.59 Å². The number of hydrogen-bond donors (Lipinski definition) is 0. The highest BCUT2D eigenvalue weighted by Gasteiger charge is 2.46. The molecule has 3 aliphatic rings. The molecular weight excluding hydrogens is 314 g/mol. The van der Waals surface area contributed by atoms with Crippen molar-refractivity contribution in [3.63, 3.8) is 0 Å². The van der Waals surface area contributed by atoms with Crippen LogP contribution in [0.5, 0.6) is 0 Å². The molecule has 0 N–H and O–H groups in total. The van der Waals surface area contributed by atoms with Gasteiger partial charge in [0.15, 0.2) is 0 Å². The summed E-state index contributed by atoms with van der Waals surface area (Å²) in [6, 6.07) is 17.8. The third-order valence-corrected chi connectivity index (χ3v) is 5.51. The molecule has 4 nitrogen and oxygen atoms in total. The van der Waals surface area contributed by atoms with Gasteiger partial charge < -0.3 is 9.64 Å². The number of carbonyl (C=O) groups is 2. The van der Waals surface area contributed by atoms with Crippen molar-refractivity contribution >= 4 is 11.9 Å². The van der Waals surface area contributed by atoms with Crippen LogP contribution in [0.1, 0.15) is 41.4 Å². The SMILES string of the molecule is CN(C(=O)OCc1ccccc1)[C@H]1C[C@@H]2C(=O)C[C@@H]1c1ccccc12. The highest BCUT2D eigenvalue weighted by atomic mass is 16.6. The molecule has 0 saturated heterocycles. The summed E-state index contributed by atoms with van der Waals surface area (Å²) in [5, 5.41) is 0. The maximum atomic E-state index is 12.5. The summed E-state index contributed by atoms with van der Waals surface area (Å²) in [6.45, 7) is 0.264. The molecule has 1 amide bonds. The van der Waals surface area contributed by atoms with Crippen LogP contribution in [-0.4, -0.2) is 29.9 Å². The largest absolute Gasteiger partial charge is 0.445 e. The number of amides is 1. The Bertz CT molecular complexity index is 802. The van der Waals surface area contributed by atoms with Crippen LogP contribution in [0.15, 0.2) is 54.6 Å².